The minimum absolute atomic E-state index is 0.786. The molecule has 1 aromatic heterocycles. The van der Waals surface area contributed by atoms with E-state index in [1.807, 2.05) is 12.3 Å². The molecule has 19 heavy (non-hydrogen) atoms. The number of rotatable bonds is 3. The summed E-state index contributed by atoms with van der Waals surface area (Å²) in [7, 11) is 0. The fraction of sp³-hybridized carbons (Fsp3) is 0.438. The van der Waals surface area contributed by atoms with Crippen molar-refractivity contribution in [2.24, 2.45) is 5.92 Å². The van der Waals surface area contributed by atoms with E-state index in [1.54, 1.807) is 0 Å². The van der Waals surface area contributed by atoms with Crippen molar-refractivity contribution in [2.45, 2.75) is 19.8 Å². The lowest BCUT2D eigenvalue weighted by atomic mass is 9.98. The molecule has 2 N–H and O–H groups in total. The summed E-state index contributed by atoms with van der Waals surface area (Å²) >= 11 is 0. The molecule has 1 aliphatic rings. The maximum atomic E-state index is 4.49. The van der Waals surface area contributed by atoms with Crippen molar-refractivity contribution in [2.75, 3.05) is 25.0 Å². The molecule has 1 saturated heterocycles. The molecule has 0 unspecified atom stereocenters. The van der Waals surface area contributed by atoms with Crippen LogP contribution in [0.25, 0.3) is 10.9 Å². The number of piperidine rings is 1. The largest absolute Gasteiger partial charge is 0.384 e. The number of pyridine rings is 1. The lowest BCUT2D eigenvalue weighted by Gasteiger charge is -2.23. The highest BCUT2D eigenvalue weighted by Gasteiger charge is 2.13. The van der Waals surface area contributed by atoms with E-state index < -0.39 is 0 Å². The zero-order valence-electron chi connectivity index (χ0n) is 11.4. The summed E-state index contributed by atoms with van der Waals surface area (Å²) in [5.74, 6) is 0.786. The Labute approximate surface area is 114 Å². The van der Waals surface area contributed by atoms with Crippen molar-refractivity contribution in [3.63, 3.8) is 0 Å². The van der Waals surface area contributed by atoms with Gasteiger partial charge in [0, 0.05) is 23.8 Å². The van der Waals surface area contributed by atoms with Crippen molar-refractivity contribution in [1.82, 2.24) is 10.3 Å². The molecule has 3 nitrogen and oxygen atoms in total. The van der Waals surface area contributed by atoms with Gasteiger partial charge in [-0.3, -0.25) is 4.98 Å². The number of hydrogen-bond acceptors (Lipinski definition) is 3. The van der Waals surface area contributed by atoms with Crippen molar-refractivity contribution in [1.29, 1.82) is 0 Å². The van der Waals surface area contributed by atoms with Crippen molar-refractivity contribution < 1.29 is 0 Å². The fourth-order valence-electron chi connectivity index (χ4n) is 2.81. The van der Waals surface area contributed by atoms with Gasteiger partial charge in [0.25, 0.3) is 0 Å². The quantitative estimate of drug-likeness (QED) is 0.885. The summed E-state index contributed by atoms with van der Waals surface area (Å²) in [6.45, 7) is 5.49. The second-order valence-electron chi connectivity index (χ2n) is 5.40. The molecule has 1 aromatic carbocycles. The summed E-state index contributed by atoms with van der Waals surface area (Å²) in [6.07, 6.45) is 4.41. The lowest BCUT2D eigenvalue weighted by Crippen LogP contribution is -2.31. The van der Waals surface area contributed by atoms with Crippen LogP contribution in [0.5, 0.6) is 0 Å². The van der Waals surface area contributed by atoms with E-state index in [1.165, 1.54) is 29.5 Å². The van der Waals surface area contributed by atoms with Gasteiger partial charge in [0.1, 0.15) is 0 Å². The van der Waals surface area contributed by atoms with Crippen molar-refractivity contribution in [3.05, 3.63) is 36.0 Å². The van der Waals surface area contributed by atoms with Crippen LogP contribution < -0.4 is 10.6 Å². The maximum Gasteiger partial charge on any atom is 0.0751 e. The van der Waals surface area contributed by atoms with Gasteiger partial charge in [-0.15, -0.1) is 0 Å². The SMILES string of the molecule is Cc1ccc(NCC2CCNCC2)c2cccnc12. The average molecular weight is 255 g/mol. The van der Waals surface area contributed by atoms with Gasteiger partial charge in [-0.2, -0.15) is 0 Å². The normalized spacial score (nSPS) is 16.7. The molecule has 0 atom stereocenters. The Morgan fingerprint density at radius 1 is 1.26 bits per heavy atom. The number of hydrogen-bond donors (Lipinski definition) is 2. The Morgan fingerprint density at radius 2 is 2.11 bits per heavy atom. The number of nitrogens with one attached hydrogen (secondary N) is 2. The van der Waals surface area contributed by atoms with Crippen LogP contribution in [0.2, 0.25) is 0 Å². The number of anilines is 1. The summed E-state index contributed by atoms with van der Waals surface area (Å²) < 4.78 is 0. The monoisotopic (exact) mass is 255 g/mol. The smallest absolute Gasteiger partial charge is 0.0751 e. The van der Waals surface area contributed by atoms with Crippen molar-refractivity contribution in [3.8, 4) is 0 Å². The Hall–Kier alpha value is -1.61. The number of nitrogens with zero attached hydrogens (tertiary/aromatic N) is 1. The first-order valence-corrected chi connectivity index (χ1v) is 7.13. The highest BCUT2D eigenvalue weighted by molar-refractivity contribution is 5.93. The number of fused-ring (bicyclic) bond motifs is 1. The minimum Gasteiger partial charge on any atom is -0.384 e. The van der Waals surface area contributed by atoms with Crippen LogP contribution in [0, 0.1) is 12.8 Å². The topological polar surface area (TPSA) is 37.0 Å². The van der Waals surface area contributed by atoms with Crippen LogP contribution in [0.4, 0.5) is 5.69 Å². The molecular weight excluding hydrogens is 234 g/mol. The van der Waals surface area contributed by atoms with Crippen LogP contribution in [-0.4, -0.2) is 24.6 Å². The van der Waals surface area contributed by atoms with Crippen molar-refractivity contribution >= 4 is 16.6 Å². The summed E-state index contributed by atoms with van der Waals surface area (Å²) in [5, 5.41) is 8.26. The van der Waals surface area contributed by atoms with Gasteiger partial charge in [0.05, 0.1) is 5.52 Å². The van der Waals surface area contributed by atoms with Gasteiger partial charge in [-0.25, -0.2) is 0 Å². The molecule has 100 valence electrons. The molecule has 0 radical (unpaired) electrons. The Kier molecular flexibility index (Phi) is 3.65. The van der Waals surface area contributed by atoms with Gasteiger partial charge >= 0.3 is 0 Å². The highest BCUT2D eigenvalue weighted by atomic mass is 14.9. The average Bonchev–Trinajstić information content (AvgIpc) is 2.48. The first-order valence-electron chi connectivity index (χ1n) is 7.13. The zero-order chi connectivity index (χ0) is 13.1. The molecule has 1 aliphatic heterocycles. The van der Waals surface area contributed by atoms with Crippen LogP contribution in [-0.2, 0) is 0 Å². The number of aryl methyl sites for hydroxylation is 1. The van der Waals surface area contributed by atoms with E-state index in [0.717, 1.165) is 31.1 Å². The van der Waals surface area contributed by atoms with E-state index in [-0.39, 0.29) is 0 Å². The molecule has 0 spiro atoms. The summed E-state index contributed by atoms with van der Waals surface area (Å²) in [4.78, 5) is 4.49. The first-order chi connectivity index (χ1) is 9.34. The second kappa shape index (κ2) is 5.57. The molecule has 0 saturated carbocycles. The maximum absolute atomic E-state index is 4.49. The van der Waals surface area contributed by atoms with Gasteiger partial charge in [-0.1, -0.05) is 6.07 Å². The summed E-state index contributed by atoms with van der Waals surface area (Å²) in [5.41, 5.74) is 3.56. The molecule has 3 rings (SSSR count). The third-order valence-corrected chi connectivity index (χ3v) is 4.01. The molecular formula is C16H21N3. The third-order valence-electron chi connectivity index (χ3n) is 4.01. The predicted molar refractivity (Wildman–Crippen MR) is 80.6 cm³/mol. The van der Waals surface area contributed by atoms with Crippen LogP contribution in [0.3, 0.4) is 0 Å². The second-order valence-corrected chi connectivity index (χ2v) is 5.40. The van der Waals surface area contributed by atoms with E-state index in [4.69, 9.17) is 0 Å². The van der Waals surface area contributed by atoms with Gasteiger partial charge in [-0.05, 0) is 62.5 Å². The molecule has 0 bridgehead atoms. The zero-order valence-corrected chi connectivity index (χ0v) is 11.4. The first kappa shape index (κ1) is 12.4. The molecule has 0 aliphatic carbocycles. The molecule has 1 fully saturated rings. The molecule has 3 heteroatoms. The standard InChI is InChI=1S/C16H21N3/c1-12-4-5-15(14-3-2-8-18-16(12)14)19-11-13-6-9-17-10-7-13/h2-5,8,13,17,19H,6-7,9-11H2,1H3. The highest BCUT2D eigenvalue weighted by Crippen LogP contribution is 2.25. The van der Waals surface area contributed by atoms with Crippen LogP contribution >= 0.6 is 0 Å². The third kappa shape index (κ3) is 2.71. The van der Waals surface area contributed by atoms with Gasteiger partial charge < -0.3 is 10.6 Å². The van der Waals surface area contributed by atoms with E-state index in [9.17, 15) is 0 Å². The molecule has 0 amide bonds. The minimum atomic E-state index is 0.786. The Bertz CT molecular complexity index is 559. The Morgan fingerprint density at radius 3 is 2.95 bits per heavy atom. The summed E-state index contributed by atoms with van der Waals surface area (Å²) in [6, 6.07) is 8.50. The lowest BCUT2D eigenvalue weighted by molar-refractivity contribution is 0.390. The fourth-order valence-corrected chi connectivity index (χ4v) is 2.81. The van der Waals surface area contributed by atoms with Crippen LogP contribution in [0.15, 0.2) is 30.5 Å². The van der Waals surface area contributed by atoms with Gasteiger partial charge in [0.2, 0.25) is 0 Å². The number of aromatic nitrogens is 1. The van der Waals surface area contributed by atoms with E-state index in [0.29, 0.717) is 0 Å². The molecule has 2 heterocycles. The van der Waals surface area contributed by atoms with E-state index in [2.05, 4.69) is 40.7 Å². The van der Waals surface area contributed by atoms with E-state index >= 15 is 0 Å². The van der Waals surface area contributed by atoms with Crippen LogP contribution in [0.1, 0.15) is 18.4 Å². The Balaban J connectivity index is 1.79. The predicted octanol–water partition coefficient (Wildman–Crippen LogP) is 2.95. The molecule has 2 aromatic rings. The van der Waals surface area contributed by atoms with Gasteiger partial charge in [0.15, 0.2) is 0 Å². The number of benzene rings is 1.